The number of benzene rings is 1. The van der Waals surface area contributed by atoms with Gasteiger partial charge >= 0.3 is 0 Å². The molecule has 2 atom stereocenters. The molecule has 1 aliphatic rings. The van der Waals surface area contributed by atoms with E-state index in [1.807, 2.05) is 12.1 Å². The lowest BCUT2D eigenvalue weighted by molar-refractivity contribution is -0.135. The molecule has 0 aliphatic carbocycles. The van der Waals surface area contributed by atoms with E-state index in [9.17, 15) is 14.4 Å². The molecule has 4 N–H and O–H groups in total. The molecule has 1 saturated heterocycles. The number of nitrogens with zero attached hydrogens (tertiary/aromatic N) is 1. The number of nitrogens with two attached hydrogens (primary N) is 1. The van der Waals surface area contributed by atoms with Crippen LogP contribution in [-0.2, 0) is 9.59 Å². The van der Waals surface area contributed by atoms with Gasteiger partial charge in [-0.25, -0.2) is 0 Å². The van der Waals surface area contributed by atoms with Crippen LogP contribution in [0.3, 0.4) is 0 Å². The van der Waals surface area contributed by atoms with Gasteiger partial charge in [0, 0.05) is 18.0 Å². The quantitative estimate of drug-likeness (QED) is 0.659. The van der Waals surface area contributed by atoms with E-state index in [1.54, 1.807) is 24.4 Å². The highest BCUT2D eigenvalue weighted by atomic mass is 16.2. The maximum Gasteiger partial charge on any atom is 0.254 e. The standard InChI is InChI=1S/C15H14N4O3/c16-10-7-11(15(22)19-14(10)21)18-13(20)9-5-1-3-8-4-2-6-17-12(8)9/h1-6,10-11H,7,16H2,(H,18,20)(H,19,21,22). The summed E-state index contributed by atoms with van der Waals surface area (Å²) < 4.78 is 0. The van der Waals surface area contributed by atoms with Crippen LogP contribution in [0.4, 0.5) is 0 Å². The van der Waals surface area contributed by atoms with Crippen molar-refractivity contribution in [3.8, 4) is 0 Å². The van der Waals surface area contributed by atoms with Crippen LogP contribution in [0.25, 0.3) is 10.9 Å². The van der Waals surface area contributed by atoms with Crippen LogP contribution in [0.2, 0.25) is 0 Å². The molecule has 1 fully saturated rings. The molecule has 0 spiro atoms. The summed E-state index contributed by atoms with van der Waals surface area (Å²) in [5.41, 5.74) is 6.53. The molecule has 1 aromatic heterocycles. The van der Waals surface area contributed by atoms with Crippen LogP contribution in [0.1, 0.15) is 16.8 Å². The van der Waals surface area contributed by atoms with Crippen molar-refractivity contribution in [2.45, 2.75) is 18.5 Å². The van der Waals surface area contributed by atoms with Crippen molar-refractivity contribution in [1.29, 1.82) is 0 Å². The lowest BCUT2D eigenvalue weighted by Crippen LogP contribution is -2.59. The Morgan fingerprint density at radius 1 is 1.23 bits per heavy atom. The first-order chi connectivity index (χ1) is 10.6. The number of nitrogens with one attached hydrogen (secondary N) is 2. The number of pyridine rings is 1. The summed E-state index contributed by atoms with van der Waals surface area (Å²) in [5.74, 6) is -1.50. The van der Waals surface area contributed by atoms with Crippen molar-refractivity contribution in [2.24, 2.45) is 5.73 Å². The van der Waals surface area contributed by atoms with Gasteiger partial charge in [-0.05, 0) is 12.1 Å². The zero-order valence-corrected chi connectivity index (χ0v) is 11.6. The minimum atomic E-state index is -0.834. The fourth-order valence-corrected chi connectivity index (χ4v) is 2.42. The molecule has 2 aromatic rings. The van der Waals surface area contributed by atoms with Crippen LogP contribution in [0, 0.1) is 0 Å². The number of amides is 3. The molecule has 2 unspecified atom stereocenters. The number of para-hydroxylation sites is 1. The van der Waals surface area contributed by atoms with Crippen LogP contribution in [-0.4, -0.2) is 34.8 Å². The van der Waals surface area contributed by atoms with Gasteiger partial charge in [-0.2, -0.15) is 0 Å². The average Bonchev–Trinajstić information content (AvgIpc) is 2.52. The highest BCUT2D eigenvalue weighted by molar-refractivity contribution is 6.09. The fraction of sp³-hybridized carbons (Fsp3) is 0.200. The van der Waals surface area contributed by atoms with Gasteiger partial charge in [-0.3, -0.25) is 24.7 Å². The maximum absolute atomic E-state index is 12.4. The summed E-state index contributed by atoms with van der Waals surface area (Å²) in [6.07, 6.45) is 1.68. The fourth-order valence-electron chi connectivity index (χ4n) is 2.42. The van der Waals surface area contributed by atoms with Crippen LogP contribution < -0.4 is 16.4 Å². The van der Waals surface area contributed by atoms with E-state index in [-0.39, 0.29) is 6.42 Å². The molecule has 2 heterocycles. The maximum atomic E-state index is 12.4. The van der Waals surface area contributed by atoms with Gasteiger partial charge in [0.05, 0.1) is 17.1 Å². The zero-order chi connectivity index (χ0) is 15.7. The minimum Gasteiger partial charge on any atom is -0.340 e. The molecule has 3 rings (SSSR count). The second kappa shape index (κ2) is 5.53. The first-order valence-electron chi connectivity index (χ1n) is 6.81. The topological polar surface area (TPSA) is 114 Å². The largest absolute Gasteiger partial charge is 0.340 e. The van der Waals surface area contributed by atoms with Gasteiger partial charge in [0.2, 0.25) is 11.8 Å². The minimum absolute atomic E-state index is 0.0780. The first kappa shape index (κ1) is 14.2. The Labute approximate surface area is 125 Å². The smallest absolute Gasteiger partial charge is 0.254 e. The third-order valence-electron chi connectivity index (χ3n) is 3.57. The molecule has 1 aliphatic heterocycles. The number of hydrogen-bond acceptors (Lipinski definition) is 5. The Kier molecular flexibility index (Phi) is 3.56. The predicted molar refractivity (Wildman–Crippen MR) is 78.7 cm³/mol. The number of imide groups is 1. The van der Waals surface area contributed by atoms with Crippen molar-refractivity contribution in [2.75, 3.05) is 0 Å². The van der Waals surface area contributed by atoms with E-state index < -0.39 is 29.8 Å². The normalized spacial score (nSPS) is 21.5. The van der Waals surface area contributed by atoms with Crippen LogP contribution in [0.15, 0.2) is 36.5 Å². The number of rotatable bonds is 2. The lowest BCUT2D eigenvalue weighted by atomic mass is 10.0. The van der Waals surface area contributed by atoms with Gasteiger partial charge in [-0.15, -0.1) is 0 Å². The van der Waals surface area contributed by atoms with Gasteiger partial charge < -0.3 is 11.1 Å². The number of fused-ring (bicyclic) bond motifs is 1. The molecular formula is C15H14N4O3. The highest BCUT2D eigenvalue weighted by Gasteiger charge is 2.33. The number of piperidine rings is 1. The van der Waals surface area contributed by atoms with Crippen molar-refractivity contribution in [3.63, 3.8) is 0 Å². The molecule has 3 amide bonds. The third-order valence-corrected chi connectivity index (χ3v) is 3.57. The number of carbonyl (C=O) groups excluding carboxylic acids is 3. The number of hydrogen-bond donors (Lipinski definition) is 3. The summed E-state index contributed by atoms with van der Waals surface area (Å²) >= 11 is 0. The SMILES string of the molecule is NC1CC(NC(=O)c2cccc3cccnc23)C(=O)NC1=O. The van der Waals surface area contributed by atoms with E-state index in [4.69, 9.17) is 5.73 Å². The summed E-state index contributed by atoms with van der Waals surface area (Å²) in [5, 5.41) is 5.57. The molecule has 7 heteroatoms. The monoisotopic (exact) mass is 298 g/mol. The summed E-state index contributed by atoms with van der Waals surface area (Å²) in [4.78, 5) is 39.7. The van der Waals surface area contributed by atoms with Crippen molar-refractivity contribution in [3.05, 3.63) is 42.1 Å². The predicted octanol–water partition coefficient (Wildman–Crippen LogP) is -0.293. The molecule has 22 heavy (non-hydrogen) atoms. The number of carbonyl (C=O) groups is 3. The summed E-state index contributed by atoms with van der Waals surface area (Å²) in [6.45, 7) is 0. The van der Waals surface area contributed by atoms with E-state index in [0.717, 1.165) is 5.39 Å². The third kappa shape index (κ3) is 2.53. The van der Waals surface area contributed by atoms with E-state index >= 15 is 0 Å². The molecule has 0 radical (unpaired) electrons. The molecule has 1 aromatic carbocycles. The molecule has 0 saturated carbocycles. The second-order valence-corrected chi connectivity index (χ2v) is 5.10. The van der Waals surface area contributed by atoms with Gasteiger partial charge in [0.25, 0.3) is 5.91 Å². The van der Waals surface area contributed by atoms with E-state index in [0.29, 0.717) is 11.1 Å². The Bertz CT molecular complexity index is 769. The first-order valence-corrected chi connectivity index (χ1v) is 6.81. The van der Waals surface area contributed by atoms with Gasteiger partial charge in [0.15, 0.2) is 0 Å². The Morgan fingerprint density at radius 2 is 2.00 bits per heavy atom. The second-order valence-electron chi connectivity index (χ2n) is 5.10. The van der Waals surface area contributed by atoms with Crippen molar-refractivity contribution >= 4 is 28.6 Å². The van der Waals surface area contributed by atoms with Gasteiger partial charge in [-0.1, -0.05) is 18.2 Å². The van der Waals surface area contributed by atoms with E-state index in [2.05, 4.69) is 15.6 Å². The van der Waals surface area contributed by atoms with Gasteiger partial charge in [0.1, 0.15) is 6.04 Å². The highest BCUT2D eigenvalue weighted by Crippen LogP contribution is 2.16. The molecule has 0 bridgehead atoms. The zero-order valence-electron chi connectivity index (χ0n) is 11.6. The van der Waals surface area contributed by atoms with Crippen molar-refractivity contribution < 1.29 is 14.4 Å². The van der Waals surface area contributed by atoms with Crippen molar-refractivity contribution in [1.82, 2.24) is 15.6 Å². The Hall–Kier alpha value is -2.80. The average molecular weight is 298 g/mol. The van der Waals surface area contributed by atoms with Crippen LogP contribution >= 0.6 is 0 Å². The van der Waals surface area contributed by atoms with E-state index in [1.165, 1.54) is 0 Å². The number of aromatic nitrogens is 1. The molecular weight excluding hydrogens is 284 g/mol. The molecule has 7 nitrogen and oxygen atoms in total. The lowest BCUT2D eigenvalue weighted by Gasteiger charge is -2.26. The summed E-state index contributed by atoms with van der Waals surface area (Å²) in [7, 11) is 0. The Balaban J connectivity index is 1.85. The Morgan fingerprint density at radius 3 is 2.82 bits per heavy atom. The summed E-state index contributed by atoms with van der Waals surface area (Å²) in [6, 6.07) is 7.21. The van der Waals surface area contributed by atoms with Crippen LogP contribution in [0.5, 0.6) is 0 Å². The molecule has 112 valence electrons.